The molecule has 9 heteroatoms. The molecule has 1 aromatic heterocycles. The van der Waals surface area contributed by atoms with Crippen LogP contribution >= 0.6 is 11.6 Å². The van der Waals surface area contributed by atoms with Gasteiger partial charge in [0.25, 0.3) is 0 Å². The van der Waals surface area contributed by atoms with E-state index in [4.69, 9.17) is 25.9 Å². The van der Waals surface area contributed by atoms with E-state index >= 15 is 0 Å². The van der Waals surface area contributed by atoms with E-state index in [0.717, 1.165) is 5.71 Å². The monoisotopic (exact) mass is 443 g/mol. The zero-order valence-corrected chi connectivity index (χ0v) is 18.1. The third-order valence-electron chi connectivity index (χ3n) is 4.24. The standard InChI is InChI=1S/C22H22ClN3O5/c1-14(2)26-29-11-10-22(3,21(27)28)31-17-7-5-16(6-8-17)30-20-13-24-19-12-15(23)4-9-18(19)25-20/h4-9,12-13H,10-11H2,1-3H3,(H,27,28). The maximum Gasteiger partial charge on any atom is 0.347 e. The van der Waals surface area contributed by atoms with Crippen LogP contribution in [0.4, 0.5) is 0 Å². The predicted octanol–water partition coefficient (Wildman–Crippen LogP) is 5.10. The van der Waals surface area contributed by atoms with Crippen LogP contribution in [-0.2, 0) is 9.63 Å². The van der Waals surface area contributed by atoms with Crippen LogP contribution in [0, 0.1) is 0 Å². The number of ether oxygens (including phenoxy) is 2. The quantitative estimate of drug-likeness (QED) is 0.278. The van der Waals surface area contributed by atoms with Crippen LogP contribution in [0.25, 0.3) is 11.0 Å². The van der Waals surface area contributed by atoms with Crippen LogP contribution in [0.15, 0.2) is 53.8 Å². The summed E-state index contributed by atoms with van der Waals surface area (Å²) < 4.78 is 11.5. The number of rotatable bonds is 9. The maximum atomic E-state index is 11.7. The van der Waals surface area contributed by atoms with Gasteiger partial charge in [0.05, 0.1) is 22.9 Å². The molecule has 0 bridgehead atoms. The molecule has 3 rings (SSSR count). The fourth-order valence-corrected chi connectivity index (χ4v) is 2.76. The van der Waals surface area contributed by atoms with Crippen LogP contribution in [-0.4, -0.2) is 39.0 Å². The van der Waals surface area contributed by atoms with Gasteiger partial charge in [0.1, 0.15) is 18.1 Å². The summed E-state index contributed by atoms with van der Waals surface area (Å²) in [5.41, 5.74) is 0.600. The molecule has 0 radical (unpaired) electrons. The second-order valence-corrected chi connectivity index (χ2v) is 7.61. The minimum Gasteiger partial charge on any atom is -0.478 e. The van der Waals surface area contributed by atoms with Gasteiger partial charge in [-0.1, -0.05) is 16.8 Å². The van der Waals surface area contributed by atoms with Crippen molar-refractivity contribution in [3.63, 3.8) is 0 Å². The molecule has 8 nitrogen and oxygen atoms in total. The minimum absolute atomic E-state index is 0.112. The number of aliphatic carboxylic acids is 1. The molecule has 162 valence electrons. The van der Waals surface area contributed by atoms with Gasteiger partial charge in [-0.2, -0.15) is 0 Å². The summed E-state index contributed by atoms with van der Waals surface area (Å²) in [5, 5.41) is 14.0. The normalized spacial score (nSPS) is 12.6. The zero-order valence-electron chi connectivity index (χ0n) is 17.3. The fraction of sp³-hybridized carbons (Fsp3) is 0.273. The second-order valence-electron chi connectivity index (χ2n) is 7.17. The van der Waals surface area contributed by atoms with Gasteiger partial charge in [-0.3, -0.25) is 0 Å². The Labute approximate surface area is 184 Å². The third kappa shape index (κ3) is 6.05. The molecule has 0 fully saturated rings. The molecule has 1 N–H and O–H groups in total. The number of aromatic nitrogens is 2. The number of hydrogen-bond donors (Lipinski definition) is 1. The Kier molecular flexibility index (Phi) is 6.91. The molecule has 31 heavy (non-hydrogen) atoms. The number of carbonyl (C=O) groups is 1. The Morgan fingerprint density at radius 3 is 2.52 bits per heavy atom. The summed E-state index contributed by atoms with van der Waals surface area (Å²) in [5.74, 6) is 0.109. The van der Waals surface area contributed by atoms with Crippen molar-refractivity contribution in [3.05, 3.63) is 53.7 Å². The van der Waals surface area contributed by atoms with Gasteiger partial charge in [-0.25, -0.2) is 14.8 Å². The van der Waals surface area contributed by atoms with Crippen molar-refractivity contribution >= 4 is 34.3 Å². The smallest absolute Gasteiger partial charge is 0.347 e. The lowest BCUT2D eigenvalue weighted by molar-refractivity contribution is -0.155. The Bertz CT molecular complexity index is 1100. The highest BCUT2D eigenvalue weighted by Gasteiger charge is 2.35. The van der Waals surface area contributed by atoms with E-state index < -0.39 is 11.6 Å². The van der Waals surface area contributed by atoms with E-state index in [9.17, 15) is 9.90 Å². The number of carboxylic acids is 1. The Balaban J connectivity index is 1.66. The van der Waals surface area contributed by atoms with Crippen LogP contribution < -0.4 is 9.47 Å². The first-order valence-corrected chi connectivity index (χ1v) is 9.89. The van der Waals surface area contributed by atoms with Crippen LogP contribution in [0.3, 0.4) is 0 Å². The maximum absolute atomic E-state index is 11.7. The fourth-order valence-electron chi connectivity index (χ4n) is 2.59. The van der Waals surface area contributed by atoms with Crippen molar-refractivity contribution in [2.75, 3.05) is 6.61 Å². The average molecular weight is 444 g/mol. The molecule has 0 saturated carbocycles. The first-order chi connectivity index (χ1) is 14.7. The Morgan fingerprint density at radius 2 is 1.84 bits per heavy atom. The molecule has 1 heterocycles. The number of hydrogen-bond acceptors (Lipinski definition) is 7. The molecule has 1 unspecified atom stereocenters. The highest BCUT2D eigenvalue weighted by Crippen LogP contribution is 2.27. The van der Waals surface area contributed by atoms with E-state index in [1.807, 2.05) is 0 Å². The molecule has 3 aromatic rings. The molecule has 0 aliphatic heterocycles. The van der Waals surface area contributed by atoms with Crippen molar-refractivity contribution in [3.8, 4) is 17.4 Å². The topological polar surface area (TPSA) is 103 Å². The molecule has 0 aliphatic carbocycles. The number of halogens is 1. The number of benzene rings is 2. The van der Waals surface area contributed by atoms with Crippen molar-refractivity contribution in [1.29, 1.82) is 0 Å². The van der Waals surface area contributed by atoms with Crippen LogP contribution in [0.5, 0.6) is 17.4 Å². The van der Waals surface area contributed by atoms with Gasteiger partial charge in [0.2, 0.25) is 11.5 Å². The molecule has 0 aliphatic rings. The number of fused-ring (bicyclic) bond motifs is 1. The first-order valence-electron chi connectivity index (χ1n) is 9.51. The summed E-state index contributed by atoms with van der Waals surface area (Å²) >= 11 is 5.96. The van der Waals surface area contributed by atoms with Gasteiger partial charge >= 0.3 is 5.97 Å². The largest absolute Gasteiger partial charge is 0.478 e. The summed E-state index contributed by atoms with van der Waals surface area (Å²) in [6.45, 7) is 5.18. The lowest BCUT2D eigenvalue weighted by Gasteiger charge is -2.25. The zero-order chi connectivity index (χ0) is 22.4. The average Bonchev–Trinajstić information content (AvgIpc) is 2.72. The highest BCUT2D eigenvalue weighted by molar-refractivity contribution is 6.31. The molecule has 0 saturated heterocycles. The number of oxime groups is 1. The summed E-state index contributed by atoms with van der Waals surface area (Å²) in [4.78, 5) is 25.5. The molecule has 2 aromatic carbocycles. The van der Waals surface area contributed by atoms with Gasteiger partial charge in [-0.05, 0) is 63.2 Å². The SMILES string of the molecule is CC(C)=NOCCC(C)(Oc1ccc(Oc2cnc3cc(Cl)ccc3n2)cc1)C(=O)O. The van der Waals surface area contributed by atoms with Crippen molar-refractivity contribution in [2.24, 2.45) is 5.16 Å². The lowest BCUT2D eigenvalue weighted by atomic mass is 10.0. The van der Waals surface area contributed by atoms with Crippen molar-refractivity contribution < 1.29 is 24.2 Å². The molecule has 0 spiro atoms. The van der Waals surface area contributed by atoms with E-state index in [1.165, 1.54) is 13.1 Å². The third-order valence-corrected chi connectivity index (χ3v) is 4.48. The molecular weight excluding hydrogens is 422 g/mol. The molecule has 0 amide bonds. The van der Waals surface area contributed by atoms with Gasteiger partial charge < -0.3 is 19.4 Å². The number of carboxylic acid groups (broad SMARTS) is 1. The minimum atomic E-state index is -1.47. The van der Waals surface area contributed by atoms with Gasteiger partial charge in [0.15, 0.2) is 0 Å². The van der Waals surface area contributed by atoms with E-state index in [-0.39, 0.29) is 13.0 Å². The first kappa shape index (κ1) is 22.3. The van der Waals surface area contributed by atoms with E-state index in [0.29, 0.717) is 33.4 Å². The molecule has 1 atom stereocenters. The van der Waals surface area contributed by atoms with E-state index in [1.54, 1.807) is 56.3 Å². The summed E-state index contributed by atoms with van der Waals surface area (Å²) in [6.07, 6.45) is 1.62. The highest BCUT2D eigenvalue weighted by atomic mass is 35.5. The second kappa shape index (κ2) is 9.61. The van der Waals surface area contributed by atoms with Gasteiger partial charge in [0, 0.05) is 11.4 Å². The summed E-state index contributed by atoms with van der Waals surface area (Å²) in [6, 6.07) is 11.8. The molecular formula is C22H22ClN3O5. The van der Waals surface area contributed by atoms with E-state index in [2.05, 4.69) is 15.1 Å². The van der Waals surface area contributed by atoms with Crippen molar-refractivity contribution in [2.45, 2.75) is 32.8 Å². The van der Waals surface area contributed by atoms with Crippen molar-refractivity contribution in [1.82, 2.24) is 9.97 Å². The lowest BCUT2D eigenvalue weighted by Crippen LogP contribution is -2.42. The Morgan fingerprint density at radius 1 is 1.13 bits per heavy atom. The van der Waals surface area contributed by atoms with Gasteiger partial charge in [-0.15, -0.1) is 0 Å². The number of nitrogens with zero attached hydrogens (tertiary/aromatic N) is 3. The summed E-state index contributed by atoms with van der Waals surface area (Å²) in [7, 11) is 0. The van der Waals surface area contributed by atoms with Crippen LogP contribution in [0.2, 0.25) is 5.02 Å². The van der Waals surface area contributed by atoms with Crippen LogP contribution in [0.1, 0.15) is 27.2 Å². The Hall–Kier alpha value is -3.39. The predicted molar refractivity (Wildman–Crippen MR) is 117 cm³/mol.